The molecule has 0 radical (unpaired) electrons. The van der Waals surface area contributed by atoms with Crippen molar-refractivity contribution in [3.05, 3.63) is 95.2 Å². The summed E-state index contributed by atoms with van der Waals surface area (Å²) in [4.78, 5) is 17.0. The van der Waals surface area contributed by atoms with E-state index in [1.807, 2.05) is 31.2 Å². The molecule has 0 fully saturated rings. The number of nitrogens with zero attached hydrogens (tertiary/aromatic N) is 1. The van der Waals surface area contributed by atoms with Crippen LogP contribution in [-0.4, -0.2) is 25.0 Å². The van der Waals surface area contributed by atoms with Gasteiger partial charge in [-0.15, -0.1) is 24.0 Å². The Morgan fingerprint density at radius 2 is 1.81 bits per heavy atom. The lowest BCUT2D eigenvalue weighted by atomic mass is 10.1. The van der Waals surface area contributed by atoms with E-state index in [0.717, 1.165) is 24.1 Å². The molecule has 1 amide bonds. The number of carbonyl (C=O) groups is 1. The van der Waals surface area contributed by atoms with Crippen molar-refractivity contribution in [3.8, 4) is 0 Å². The summed E-state index contributed by atoms with van der Waals surface area (Å²) in [7, 11) is 0. The van der Waals surface area contributed by atoms with Crippen molar-refractivity contribution in [2.45, 2.75) is 26.4 Å². The number of furan rings is 1. The summed E-state index contributed by atoms with van der Waals surface area (Å²) in [5.74, 6) is 1.00. The maximum atomic E-state index is 13.0. The largest absolute Gasteiger partial charge is 0.467 e. The lowest BCUT2D eigenvalue weighted by Gasteiger charge is -2.11. The second-order valence-corrected chi connectivity index (χ2v) is 6.96. The fourth-order valence-corrected chi connectivity index (χ4v) is 2.98. The second-order valence-electron chi connectivity index (χ2n) is 6.96. The SMILES string of the molecule is CCNC(=NCc1cccc(C(=O)NCc2ccco2)c1)NCCc1ccc(F)cc1.I. The van der Waals surface area contributed by atoms with Crippen LogP contribution in [0.4, 0.5) is 4.39 Å². The Labute approximate surface area is 204 Å². The third kappa shape index (κ3) is 8.33. The van der Waals surface area contributed by atoms with E-state index in [4.69, 9.17) is 4.42 Å². The lowest BCUT2D eigenvalue weighted by molar-refractivity contribution is 0.0948. The molecule has 2 aromatic carbocycles. The van der Waals surface area contributed by atoms with Gasteiger partial charge in [0.05, 0.1) is 19.4 Å². The molecule has 32 heavy (non-hydrogen) atoms. The number of hydrogen-bond acceptors (Lipinski definition) is 3. The number of benzene rings is 2. The number of rotatable bonds is 9. The van der Waals surface area contributed by atoms with E-state index in [1.165, 1.54) is 12.1 Å². The predicted octanol–water partition coefficient (Wildman–Crippen LogP) is 4.26. The van der Waals surface area contributed by atoms with Crippen LogP contribution in [0, 0.1) is 5.82 Å². The third-order valence-corrected chi connectivity index (χ3v) is 4.58. The first-order chi connectivity index (χ1) is 15.1. The molecule has 0 bridgehead atoms. The summed E-state index contributed by atoms with van der Waals surface area (Å²) in [5.41, 5.74) is 2.56. The van der Waals surface area contributed by atoms with Crippen molar-refractivity contribution in [1.29, 1.82) is 0 Å². The van der Waals surface area contributed by atoms with Crippen LogP contribution in [-0.2, 0) is 19.5 Å². The van der Waals surface area contributed by atoms with E-state index >= 15 is 0 Å². The monoisotopic (exact) mass is 550 g/mol. The Hall–Kier alpha value is -2.88. The van der Waals surface area contributed by atoms with Crippen molar-refractivity contribution < 1.29 is 13.6 Å². The van der Waals surface area contributed by atoms with Gasteiger partial charge in [0.15, 0.2) is 5.96 Å². The Bertz CT molecular complexity index is 991. The molecule has 3 aromatic rings. The third-order valence-electron chi connectivity index (χ3n) is 4.58. The molecule has 170 valence electrons. The average Bonchev–Trinajstić information content (AvgIpc) is 3.31. The zero-order chi connectivity index (χ0) is 21.9. The standard InChI is InChI=1S/C24H27FN4O2.HI/c1-2-26-24(27-13-12-18-8-10-21(25)11-9-18)29-16-19-5-3-6-20(15-19)23(30)28-17-22-7-4-14-31-22;/h3-11,14-15H,2,12-13,16-17H2,1H3,(H,28,30)(H2,26,27,29);1H. The molecule has 3 rings (SSSR count). The molecule has 8 heteroatoms. The van der Waals surface area contributed by atoms with Gasteiger partial charge in [0.1, 0.15) is 11.6 Å². The minimum atomic E-state index is -0.233. The van der Waals surface area contributed by atoms with Gasteiger partial charge in [0.25, 0.3) is 5.91 Å². The molecule has 1 heterocycles. The van der Waals surface area contributed by atoms with Crippen molar-refractivity contribution >= 4 is 35.8 Å². The van der Waals surface area contributed by atoms with Crippen LogP contribution in [0.1, 0.15) is 34.2 Å². The Kier molecular flexibility index (Phi) is 10.7. The molecule has 0 aliphatic carbocycles. The lowest BCUT2D eigenvalue weighted by Crippen LogP contribution is -2.38. The highest BCUT2D eigenvalue weighted by Gasteiger charge is 2.07. The maximum Gasteiger partial charge on any atom is 0.251 e. The first kappa shape index (κ1) is 25.4. The van der Waals surface area contributed by atoms with Gasteiger partial charge >= 0.3 is 0 Å². The smallest absolute Gasteiger partial charge is 0.251 e. The molecule has 0 saturated carbocycles. The fraction of sp³-hybridized carbons (Fsp3) is 0.250. The highest BCUT2D eigenvalue weighted by molar-refractivity contribution is 14.0. The van der Waals surface area contributed by atoms with Crippen LogP contribution in [0.3, 0.4) is 0 Å². The van der Waals surface area contributed by atoms with E-state index in [0.29, 0.717) is 36.9 Å². The summed E-state index contributed by atoms with van der Waals surface area (Å²) in [5, 5.41) is 9.34. The van der Waals surface area contributed by atoms with Crippen LogP contribution >= 0.6 is 24.0 Å². The molecule has 6 nitrogen and oxygen atoms in total. The zero-order valence-electron chi connectivity index (χ0n) is 17.9. The first-order valence-corrected chi connectivity index (χ1v) is 10.3. The Morgan fingerprint density at radius 3 is 2.53 bits per heavy atom. The summed E-state index contributed by atoms with van der Waals surface area (Å²) < 4.78 is 18.2. The van der Waals surface area contributed by atoms with Crippen LogP contribution in [0.15, 0.2) is 76.3 Å². The Balaban J connectivity index is 0.00000363. The van der Waals surface area contributed by atoms with Crippen molar-refractivity contribution in [2.24, 2.45) is 4.99 Å². The number of carbonyl (C=O) groups excluding carboxylic acids is 1. The summed E-state index contributed by atoms with van der Waals surface area (Å²) in [6.45, 7) is 4.19. The van der Waals surface area contributed by atoms with Crippen LogP contribution in [0.2, 0.25) is 0 Å². The van der Waals surface area contributed by atoms with Gasteiger partial charge in [-0.2, -0.15) is 0 Å². The van der Waals surface area contributed by atoms with Crippen molar-refractivity contribution in [1.82, 2.24) is 16.0 Å². The predicted molar refractivity (Wildman–Crippen MR) is 135 cm³/mol. The highest BCUT2D eigenvalue weighted by atomic mass is 127. The maximum absolute atomic E-state index is 13.0. The molecular weight excluding hydrogens is 522 g/mol. The molecule has 0 unspecified atom stereocenters. The second kappa shape index (κ2) is 13.5. The highest BCUT2D eigenvalue weighted by Crippen LogP contribution is 2.08. The summed E-state index contributed by atoms with van der Waals surface area (Å²) in [6, 6.07) is 17.5. The number of nitrogens with one attached hydrogen (secondary N) is 3. The van der Waals surface area contributed by atoms with E-state index in [-0.39, 0.29) is 35.7 Å². The number of hydrogen-bond donors (Lipinski definition) is 3. The molecule has 0 spiro atoms. The number of halogens is 2. The van der Waals surface area contributed by atoms with Crippen LogP contribution in [0.5, 0.6) is 0 Å². The number of guanidine groups is 1. The average molecular weight is 550 g/mol. The minimum Gasteiger partial charge on any atom is -0.467 e. The number of amides is 1. The van der Waals surface area contributed by atoms with Gasteiger partial charge in [-0.25, -0.2) is 9.38 Å². The summed E-state index contributed by atoms with van der Waals surface area (Å²) in [6.07, 6.45) is 2.34. The normalized spacial score (nSPS) is 10.9. The molecule has 0 atom stereocenters. The van der Waals surface area contributed by atoms with Crippen molar-refractivity contribution in [2.75, 3.05) is 13.1 Å². The minimum absolute atomic E-state index is 0. The Morgan fingerprint density at radius 1 is 1.00 bits per heavy atom. The molecular formula is C24H28FIN4O2. The van der Waals surface area contributed by atoms with Gasteiger partial charge in [0.2, 0.25) is 0 Å². The molecule has 0 aliphatic heterocycles. The van der Waals surface area contributed by atoms with Crippen LogP contribution in [0.25, 0.3) is 0 Å². The van der Waals surface area contributed by atoms with Gasteiger partial charge < -0.3 is 20.4 Å². The van der Waals surface area contributed by atoms with E-state index in [9.17, 15) is 9.18 Å². The van der Waals surface area contributed by atoms with Crippen molar-refractivity contribution in [3.63, 3.8) is 0 Å². The summed E-state index contributed by atoms with van der Waals surface area (Å²) >= 11 is 0. The fourth-order valence-electron chi connectivity index (χ4n) is 2.98. The van der Waals surface area contributed by atoms with Gasteiger partial charge in [-0.05, 0) is 60.9 Å². The molecule has 0 saturated heterocycles. The first-order valence-electron chi connectivity index (χ1n) is 10.3. The molecule has 3 N–H and O–H groups in total. The van der Waals surface area contributed by atoms with E-state index in [1.54, 1.807) is 30.5 Å². The van der Waals surface area contributed by atoms with E-state index < -0.39 is 0 Å². The zero-order valence-corrected chi connectivity index (χ0v) is 20.3. The number of aliphatic imine (C=N–C) groups is 1. The topological polar surface area (TPSA) is 78.7 Å². The van der Waals surface area contributed by atoms with Gasteiger partial charge in [-0.1, -0.05) is 24.3 Å². The van der Waals surface area contributed by atoms with E-state index in [2.05, 4.69) is 20.9 Å². The molecule has 0 aliphatic rings. The van der Waals surface area contributed by atoms with Crippen LogP contribution < -0.4 is 16.0 Å². The van der Waals surface area contributed by atoms with Gasteiger partial charge in [0, 0.05) is 18.7 Å². The molecule has 1 aromatic heterocycles. The van der Waals surface area contributed by atoms with Gasteiger partial charge in [-0.3, -0.25) is 4.79 Å². The quantitative estimate of drug-likeness (QED) is 0.211.